The first-order valence-electron chi connectivity index (χ1n) is 7.42. The molecule has 0 atom stereocenters. The average molecular weight is 258 g/mol. The molecule has 1 fully saturated rings. The number of benzene rings is 1. The summed E-state index contributed by atoms with van der Waals surface area (Å²) < 4.78 is 0. The van der Waals surface area contributed by atoms with Gasteiger partial charge in [-0.15, -0.1) is 0 Å². The van der Waals surface area contributed by atoms with Gasteiger partial charge in [0.05, 0.1) is 0 Å². The molecule has 0 spiro atoms. The van der Waals surface area contributed by atoms with Crippen molar-refractivity contribution in [3.8, 4) is 0 Å². The van der Waals surface area contributed by atoms with Crippen molar-refractivity contribution < 1.29 is 4.79 Å². The van der Waals surface area contributed by atoms with Crippen LogP contribution in [0.3, 0.4) is 0 Å². The number of amides is 1. The van der Waals surface area contributed by atoms with E-state index in [4.69, 9.17) is 0 Å². The Morgan fingerprint density at radius 1 is 1.21 bits per heavy atom. The summed E-state index contributed by atoms with van der Waals surface area (Å²) in [5.41, 5.74) is 4.18. The highest BCUT2D eigenvalue weighted by Gasteiger charge is 2.17. The normalized spacial score (nSPS) is 18.4. The van der Waals surface area contributed by atoms with Crippen molar-refractivity contribution in [2.75, 3.05) is 19.6 Å². The Morgan fingerprint density at radius 3 is 2.89 bits per heavy atom. The number of aryl methyl sites for hydroxylation is 1. The maximum atomic E-state index is 12.0. The molecule has 0 aliphatic carbocycles. The van der Waals surface area contributed by atoms with E-state index in [0.29, 0.717) is 12.3 Å². The fourth-order valence-electron chi connectivity index (χ4n) is 3.07. The van der Waals surface area contributed by atoms with E-state index < -0.39 is 0 Å². The Hall–Kier alpha value is -1.35. The van der Waals surface area contributed by atoms with Gasteiger partial charge in [0.15, 0.2) is 0 Å². The number of nitrogens with one attached hydrogen (secondary N) is 1. The maximum Gasteiger partial charge on any atom is 0.222 e. The zero-order valence-electron chi connectivity index (χ0n) is 11.5. The summed E-state index contributed by atoms with van der Waals surface area (Å²) in [5, 5.41) is 3.40. The third kappa shape index (κ3) is 2.98. The topological polar surface area (TPSA) is 32.3 Å². The van der Waals surface area contributed by atoms with Crippen molar-refractivity contribution in [1.29, 1.82) is 0 Å². The van der Waals surface area contributed by atoms with Crippen LogP contribution in [0.1, 0.15) is 36.0 Å². The second kappa shape index (κ2) is 5.74. The monoisotopic (exact) mass is 258 g/mol. The maximum absolute atomic E-state index is 12.0. The molecule has 3 rings (SSSR count). The molecule has 3 heteroatoms. The van der Waals surface area contributed by atoms with E-state index >= 15 is 0 Å². The lowest BCUT2D eigenvalue weighted by Crippen LogP contribution is -2.27. The number of hydrogen-bond donors (Lipinski definition) is 1. The molecule has 0 bridgehead atoms. The van der Waals surface area contributed by atoms with Gasteiger partial charge in [0.25, 0.3) is 0 Å². The van der Waals surface area contributed by atoms with Gasteiger partial charge in [-0.3, -0.25) is 4.79 Å². The molecule has 1 amide bonds. The van der Waals surface area contributed by atoms with Crippen LogP contribution in [0.15, 0.2) is 18.2 Å². The molecule has 102 valence electrons. The van der Waals surface area contributed by atoms with Gasteiger partial charge in [-0.2, -0.15) is 0 Å². The van der Waals surface area contributed by atoms with Gasteiger partial charge in [-0.25, -0.2) is 0 Å². The Labute approximate surface area is 115 Å². The molecule has 2 aliphatic rings. The molecule has 0 aromatic heterocycles. The van der Waals surface area contributed by atoms with Crippen LogP contribution in [0, 0.1) is 0 Å². The van der Waals surface area contributed by atoms with Crippen LogP contribution < -0.4 is 5.32 Å². The minimum absolute atomic E-state index is 0.327. The summed E-state index contributed by atoms with van der Waals surface area (Å²) in [4.78, 5) is 14.0. The molecule has 3 nitrogen and oxygen atoms in total. The van der Waals surface area contributed by atoms with Crippen molar-refractivity contribution >= 4 is 5.91 Å². The van der Waals surface area contributed by atoms with Crippen LogP contribution >= 0.6 is 0 Å². The molecule has 1 aromatic rings. The summed E-state index contributed by atoms with van der Waals surface area (Å²) in [6, 6.07) is 6.71. The van der Waals surface area contributed by atoms with Gasteiger partial charge in [0.2, 0.25) is 5.91 Å². The highest BCUT2D eigenvalue weighted by molar-refractivity contribution is 5.76. The van der Waals surface area contributed by atoms with Gasteiger partial charge in [0.1, 0.15) is 0 Å². The minimum Gasteiger partial charge on any atom is -0.343 e. The van der Waals surface area contributed by atoms with Gasteiger partial charge in [0, 0.05) is 26.1 Å². The second-order valence-electron chi connectivity index (χ2n) is 5.62. The average Bonchev–Trinajstić information content (AvgIpc) is 2.99. The fraction of sp³-hybridized carbons (Fsp3) is 0.562. The van der Waals surface area contributed by atoms with Crippen LogP contribution in [-0.4, -0.2) is 30.4 Å². The minimum atomic E-state index is 0.327. The quantitative estimate of drug-likeness (QED) is 0.898. The molecule has 2 heterocycles. The van der Waals surface area contributed by atoms with Crippen molar-refractivity contribution in [1.82, 2.24) is 10.2 Å². The Balaban J connectivity index is 1.59. The first-order chi connectivity index (χ1) is 9.33. The number of likely N-dealkylation sites (tertiary alicyclic amines) is 1. The van der Waals surface area contributed by atoms with Gasteiger partial charge >= 0.3 is 0 Å². The highest BCUT2D eigenvalue weighted by Crippen LogP contribution is 2.17. The number of nitrogens with zero attached hydrogens (tertiary/aromatic N) is 1. The van der Waals surface area contributed by atoms with E-state index in [0.717, 1.165) is 39.0 Å². The number of hydrogen-bond acceptors (Lipinski definition) is 2. The van der Waals surface area contributed by atoms with Gasteiger partial charge < -0.3 is 10.2 Å². The van der Waals surface area contributed by atoms with E-state index in [1.165, 1.54) is 29.5 Å². The first-order valence-corrected chi connectivity index (χ1v) is 7.42. The molecule has 1 N–H and O–H groups in total. The Bertz CT molecular complexity index is 464. The second-order valence-corrected chi connectivity index (χ2v) is 5.62. The predicted molar refractivity (Wildman–Crippen MR) is 76.0 cm³/mol. The van der Waals surface area contributed by atoms with E-state index in [1.54, 1.807) is 0 Å². The smallest absolute Gasteiger partial charge is 0.222 e. The number of fused-ring (bicyclic) bond motifs is 1. The zero-order chi connectivity index (χ0) is 13.1. The molecule has 19 heavy (non-hydrogen) atoms. The number of carbonyl (C=O) groups excluding carboxylic acids is 1. The number of rotatable bonds is 3. The summed E-state index contributed by atoms with van der Waals surface area (Å²) in [7, 11) is 0. The van der Waals surface area contributed by atoms with Crippen molar-refractivity contribution in [3.63, 3.8) is 0 Å². The van der Waals surface area contributed by atoms with Crippen LogP contribution in [-0.2, 0) is 24.2 Å². The van der Waals surface area contributed by atoms with Crippen molar-refractivity contribution in [2.24, 2.45) is 0 Å². The number of carbonyl (C=O) groups is 1. The lowest BCUT2D eigenvalue weighted by molar-refractivity contribution is -0.130. The van der Waals surface area contributed by atoms with E-state index in [2.05, 4.69) is 23.5 Å². The van der Waals surface area contributed by atoms with Crippen molar-refractivity contribution in [2.45, 2.75) is 38.6 Å². The first kappa shape index (κ1) is 12.7. The lowest BCUT2D eigenvalue weighted by atomic mass is 9.97. The van der Waals surface area contributed by atoms with Gasteiger partial charge in [-0.05, 0) is 48.9 Å². The molecule has 0 saturated carbocycles. The van der Waals surface area contributed by atoms with Crippen LogP contribution in [0.25, 0.3) is 0 Å². The zero-order valence-corrected chi connectivity index (χ0v) is 11.5. The molecular formula is C16H22N2O. The summed E-state index contributed by atoms with van der Waals surface area (Å²) in [5.74, 6) is 0.327. The third-order valence-corrected chi connectivity index (χ3v) is 4.24. The van der Waals surface area contributed by atoms with Crippen LogP contribution in [0.5, 0.6) is 0 Å². The Morgan fingerprint density at radius 2 is 2.05 bits per heavy atom. The summed E-state index contributed by atoms with van der Waals surface area (Å²) in [6.07, 6.45) is 5.02. The molecular weight excluding hydrogens is 236 g/mol. The fourth-order valence-corrected chi connectivity index (χ4v) is 3.07. The molecule has 2 aliphatic heterocycles. The summed E-state index contributed by atoms with van der Waals surface area (Å²) >= 11 is 0. The third-order valence-electron chi connectivity index (χ3n) is 4.24. The largest absolute Gasteiger partial charge is 0.343 e. The summed E-state index contributed by atoms with van der Waals surface area (Å²) in [6.45, 7) is 3.99. The van der Waals surface area contributed by atoms with E-state index in [-0.39, 0.29) is 0 Å². The van der Waals surface area contributed by atoms with Gasteiger partial charge in [-0.1, -0.05) is 18.2 Å². The van der Waals surface area contributed by atoms with E-state index in [1.807, 2.05) is 4.90 Å². The van der Waals surface area contributed by atoms with Crippen molar-refractivity contribution in [3.05, 3.63) is 34.9 Å². The Kier molecular flexibility index (Phi) is 3.83. The predicted octanol–water partition coefficient (Wildman–Crippen LogP) is 1.89. The van der Waals surface area contributed by atoms with E-state index in [9.17, 15) is 4.79 Å². The molecule has 0 radical (unpaired) electrons. The van der Waals surface area contributed by atoms with Crippen LogP contribution in [0.4, 0.5) is 0 Å². The molecule has 1 saturated heterocycles. The standard InChI is InChI=1S/C16H22N2O/c19-16(18-9-1-2-10-18)6-4-13-3-5-14-7-8-17-12-15(14)11-13/h3,5,11,17H,1-2,4,6-10,12H2. The lowest BCUT2D eigenvalue weighted by Gasteiger charge is -2.18. The van der Waals surface area contributed by atoms with Crippen LogP contribution in [0.2, 0.25) is 0 Å². The molecule has 0 unspecified atom stereocenters. The SMILES string of the molecule is O=C(CCc1ccc2c(c1)CNCC2)N1CCCC1. The highest BCUT2D eigenvalue weighted by atomic mass is 16.2. The molecule has 1 aromatic carbocycles.